The van der Waals surface area contributed by atoms with Crippen LogP contribution in [0.4, 0.5) is 11.5 Å². The third-order valence-electron chi connectivity index (χ3n) is 3.94. The molecule has 0 atom stereocenters. The van der Waals surface area contributed by atoms with Crippen LogP contribution in [0.5, 0.6) is 5.88 Å². The zero-order valence-corrected chi connectivity index (χ0v) is 12.9. The van der Waals surface area contributed by atoms with Gasteiger partial charge in [0.25, 0.3) is 0 Å². The lowest BCUT2D eigenvalue weighted by Gasteiger charge is -2.32. The summed E-state index contributed by atoms with van der Waals surface area (Å²) in [5, 5.41) is 0. The summed E-state index contributed by atoms with van der Waals surface area (Å²) in [6.45, 7) is 9.33. The number of hydrogen-bond donors (Lipinski definition) is 1. The van der Waals surface area contributed by atoms with Gasteiger partial charge in [-0.3, -0.25) is 0 Å². The van der Waals surface area contributed by atoms with E-state index in [0.29, 0.717) is 24.1 Å². The summed E-state index contributed by atoms with van der Waals surface area (Å²) in [7, 11) is 0. The average molecular weight is 277 g/mol. The number of piperidine rings is 1. The SMILES string of the molecule is CCC1CCN(c2ccc(N)c(OCC(C)C)n2)CC1. The molecule has 2 heterocycles. The van der Waals surface area contributed by atoms with Crippen molar-refractivity contribution in [1.29, 1.82) is 0 Å². The summed E-state index contributed by atoms with van der Waals surface area (Å²) < 4.78 is 5.71. The Bertz CT molecular complexity index is 426. The largest absolute Gasteiger partial charge is 0.476 e. The van der Waals surface area contributed by atoms with E-state index in [1.807, 2.05) is 12.1 Å². The number of hydrogen-bond acceptors (Lipinski definition) is 4. The number of nitrogens with zero attached hydrogens (tertiary/aromatic N) is 2. The molecule has 0 aliphatic carbocycles. The number of aromatic nitrogens is 1. The molecule has 1 fully saturated rings. The third-order valence-corrected chi connectivity index (χ3v) is 3.94. The lowest BCUT2D eigenvalue weighted by atomic mass is 9.94. The topological polar surface area (TPSA) is 51.4 Å². The molecular formula is C16H27N3O. The second-order valence-electron chi connectivity index (χ2n) is 6.11. The van der Waals surface area contributed by atoms with Gasteiger partial charge in [0.05, 0.1) is 12.3 Å². The molecule has 2 N–H and O–H groups in total. The lowest BCUT2D eigenvalue weighted by Crippen LogP contribution is -2.34. The van der Waals surface area contributed by atoms with Crippen molar-refractivity contribution in [2.24, 2.45) is 11.8 Å². The minimum atomic E-state index is 0.472. The predicted octanol–water partition coefficient (Wildman–Crippen LogP) is 3.33. The van der Waals surface area contributed by atoms with Gasteiger partial charge >= 0.3 is 0 Å². The Morgan fingerprint density at radius 2 is 2.05 bits per heavy atom. The fourth-order valence-electron chi connectivity index (χ4n) is 2.55. The molecule has 0 spiro atoms. The Hall–Kier alpha value is -1.45. The van der Waals surface area contributed by atoms with Crippen LogP contribution in [0.15, 0.2) is 12.1 Å². The maximum atomic E-state index is 5.94. The van der Waals surface area contributed by atoms with Gasteiger partial charge in [0, 0.05) is 13.1 Å². The average Bonchev–Trinajstić information content (AvgIpc) is 2.46. The molecule has 2 rings (SSSR count). The van der Waals surface area contributed by atoms with E-state index in [1.165, 1.54) is 19.3 Å². The van der Waals surface area contributed by atoms with Crippen LogP contribution in [0.1, 0.15) is 40.0 Å². The van der Waals surface area contributed by atoms with Gasteiger partial charge in [0.1, 0.15) is 5.82 Å². The number of ether oxygens (including phenoxy) is 1. The Morgan fingerprint density at radius 3 is 2.65 bits per heavy atom. The number of nitrogen functional groups attached to an aromatic ring is 1. The van der Waals surface area contributed by atoms with Crippen molar-refractivity contribution in [3.05, 3.63) is 12.1 Å². The molecule has 1 aromatic rings. The maximum absolute atomic E-state index is 5.94. The van der Waals surface area contributed by atoms with E-state index in [-0.39, 0.29) is 0 Å². The van der Waals surface area contributed by atoms with Crippen molar-refractivity contribution in [2.45, 2.75) is 40.0 Å². The summed E-state index contributed by atoms with van der Waals surface area (Å²) in [4.78, 5) is 6.94. The first-order chi connectivity index (χ1) is 9.60. The molecule has 112 valence electrons. The summed E-state index contributed by atoms with van der Waals surface area (Å²) in [5.41, 5.74) is 6.57. The first kappa shape index (κ1) is 14.9. The van der Waals surface area contributed by atoms with E-state index in [9.17, 15) is 0 Å². The van der Waals surface area contributed by atoms with E-state index in [1.54, 1.807) is 0 Å². The maximum Gasteiger partial charge on any atom is 0.239 e. The normalized spacial score (nSPS) is 16.7. The molecule has 0 radical (unpaired) electrons. The van der Waals surface area contributed by atoms with Gasteiger partial charge < -0.3 is 15.4 Å². The van der Waals surface area contributed by atoms with Crippen LogP contribution < -0.4 is 15.4 Å². The molecule has 1 aliphatic rings. The smallest absolute Gasteiger partial charge is 0.239 e. The molecule has 1 aliphatic heterocycles. The molecule has 1 aromatic heterocycles. The van der Waals surface area contributed by atoms with Crippen LogP contribution in [0.2, 0.25) is 0 Å². The van der Waals surface area contributed by atoms with E-state index in [0.717, 1.165) is 24.8 Å². The number of nitrogens with two attached hydrogens (primary N) is 1. The van der Waals surface area contributed by atoms with Crippen molar-refractivity contribution in [3.63, 3.8) is 0 Å². The minimum Gasteiger partial charge on any atom is -0.476 e. The van der Waals surface area contributed by atoms with Crippen molar-refractivity contribution < 1.29 is 4.74 Å². The fourth-order valence-corrected chi connectivity index (χ4v) is 2.55. The number of anilines is 2. The Balaban J connectivity index is 2.03. The van der Waals surface area contributed by atoms with Gasteiger partial charge in [-0.15, -0.1) is 0 Å². The van der Waals surface area contributed by atoms with Crippen LogP contribution in [-0.4, -0.2) is 24.7 Å². The highest BCUT2D eigenvalue weighted by Gasteiger charge is 2.19. The Morgan fingerprint density at radius 1 is 1.35 bits per heavy atom. The minimum absolute atomic E-state index is 0.472. The van der Waals surface area contributed by atoms with Gasteiger partial charge in [-0.1, -0.05) is 27.2 Å². The van der Waals surface area contributed by atoms with Gasteiger partial charge in [0.15, 0.2) is 0 Å². The molecule has 0 unspecified atom stereocenters. The zero-order chi connectivity index (χ0) is 14.5. The number of pyridine rings is 1. The second-order valence-corrected chi connectivity index (χ2v) is 6.11. The zero-order valence-electron chi connectivity index (χ0n) is 12.9. The van der Waals surface area contributed by atoms with Crippen LogP contribution >= 0.6 is 0 Å². The Kier molecular flexibility index (Phi) is 5.10. The highest BCUT2D eigenvalue weighted by atomic mass is 16.5. The highest BCUT2D eigenvalue weighted by Crippen LogP contribution is 2.27. The van der Waals surface area contributed by atoms with E-state index in [2.05, 4.69) is 30.7 Å². The molecule has 20 heavy (non-hydrogen) atoms. The molecule has 0 aromatic carbocycles. The highest BCUT2D eigenvalue weighted by molar-refractivity contribution is 5.54. The molecule has 4 nitrogen and oxygen atoms in total. The molecular weight excluding hydrogens is 250 g/mol. The first-order valence-electron chi connectivity index (χ1n) is 7.74. The van der Waals surface area contributed by atoms with Gasteiger partial charge in [-0.2, -0.15) is 4.98 Å². The summed E-state index contributed by atoms with van der Waals surface area (Å²) in [5.74, 6) is 2.91. The molecule has 0 bridgehead atoms. The van der Waals surface area contributed by atoms with Gasteiger partial charge in [0.2, 0.25) is 5.88 Å². The number of rotatable bonds is 5. The van der Waals surface area contributed by atoms with Crippen LogP contribution in [-0.2, 0) is 0 Å². The second kappa shape index (κ2) is 6.82. The van der Waals surface area contributed by atoms with Crippen LogP contribution in [0, 0.1) is 11.8 Å². The quantitative estimate of drug-likeness (QED) is 0.897. The third kappa shape index (κ3) is 3.78. The molecule has 0 amide bonds. The standard InChI is InChI=1S/C16H27N3O/c1-4-13-7-9-19(10-8-13)15-6-5-14(17)16(18-15)20-11-12(2)3/h5-6,12-13H,4,7-11,17H2,1-3H3. The van der Waals surface area contributed by atoms with E-state index < -0.39 is 0 Å². The summed E-state index contributed by atoms with van der Waals surface area (Å²) in [6.07, 6.45) is 3.79. The molecule has 1 saturated heterocycles. The summed E-state index contributed by atoms with van der Waals surface area (Å²) in [6, 6.07) is 3.91. The van der Waals surface area contributed by atoms with Crippen molar-refractivity contribution in [3.8, 4) is 5.88 Å². The monoisotopic (exact) mass is 277 g/mol. The van der Waals surface area contributed by atoms with Crippen molar-refractivity contribution in [1.82, 2.24) is 4.98 Å². The van der Waals surface area contributed by atoms with Crippen molar-refractivity contribution >= 4 is 11.5 Å². The fraction of sp³-hybridized carbons (Fsp3) is 0.688. The first-order valence-corrected chi connectivity index (χ1v) is 7.74. The molecule has 0 saturated carbocycles. The lowest BCUT2D eigenvalue weighted by molar-refractivity contribution is 0.263. The van der Waals surface area contributed by atoms with E-state index in [4.69, 9.17) is 10.5 Å². The molecule has 4 heteroatoms. The Labute approximate surface area is 122 Å². The van der Waals surface area contributed by atoms with E-state index >= 15 is 0 Å². The van der Waals surface area contributed by atoms with Gasteiger partial charge in [-0.25, -0.2) is 0 Å². The van der Waals surface area contributed by atoms with Crippen LogP contribution in [0.25, 0.3) is 0 Å². The summed E-state index contributed by atoms with van der Waals surface area (Å²) >= 11 is 0. The van der Waals surface area contributed by atoms with Crippen molar-refractivity contribution in [2.75, 3.05) is 30.3 Å². The van der Waals surface area contributed by atoms with Crippen LogP contribution in [0.3, 0.4) is 0 Å². The van der Waals surface area contributed by atoms with Gasteiger partial charge in [-0.05, 0) is 36.8 Å². The predicted molar refractivity (Wildman–Crippen MR) is 84.2 cm³/mol.